The normalized spacial score (nSPS) is 13.1. The third-order valence-electron chi connectivity index (χ3n) is 0.860. The summed E-state index contributed by atoms with van der Waals surface area (Å²) in [5.74, 6) is 0. The van der Waals surface area contributed by atoms with Gasteiger partial charge >= 0.3 is 8.11 Å². The third kappa shape index (κ3) is 5.18. The lowest BCUT2D eigenvalue weighted by molar-refractivity contribution is 0.144. The van der Waals surface area contributed by atoms with Gasteiger partial charge in [0.1, 0.15) is 0 Å². The number of hydrogen-bond acceptors (Lipinski definition) is 3. The maximum atomic E-state index is 5.86. The number of halogens is 2. The van der Waals surface area contributed by atoms with Crippen molar-refractivity contribution >= 4 is 39.3 Å². The Balaban J connectivity index is 3.79. The molecule has 3 nitrogen and oxygen atoms in total. The van der Waals surface area contributed by atoms with Crippen LogP contribution in [0.4, 0.5) is 0 Å². The molecule has 11 heavy (non-hydrogen) atoms. The molecule has 0 aliphatic heterocycles. The summed E-state index contributed by atoms with van der Waals surface area (Å²) in [4.78, 5) is 0. The van der Waals surface area contributed by atoms with Crippen molar-refractivity contribution in [2.45, 2.75) is 13.8 Å². The summed E-state index contributed by atoms with van der Waals surface area (Å²) in [6.45, 7) is 4.65. The predicted molar refractivity (Wildman–Crippen MR) is 50.3 cm³/mol. The fourth-order valence-corrected chi connectivity index (χ4v) is 5.44. The SMILES string of the molecule is CCO[Si](Cl)(OCC)O[SiH2]Cl. The minimum Gasteiger partial charge on any atom is -0.395 e. The molecule has 0 bridgehead atoms. The van der Waals surface area contributed by atoms with Gasteiger partial charge in [0.25, 0.3) is 9.07 Å². The molecule has 0 saturated heterocycles. The van der Waals surface area contributed by atoms with Crippen molar-refractivity contribution in [3.63, 3.8) is 0 Å². The van der Waals surface area contributed by atoms with Gasteiger partial charge in [-0.3, -0.25) is 0 Å². The molecular formula is C4H12Cl2O3Si2. The molecule has 0 unspecified atom stereocenters. The largest absolute Gasteiger partial charge is 0.603 e. The molecule has 0 heterocycles. The van der Waals surface area contributed by atoms with Crippen LogP contribution >= 0.6 is 22.2 Å². The zero-order valence-corrected chi connectivity index (χ0v) is 10.5. The molecule has 0 aromatic carbocycles. The molecule has 0 amide bonds. The Morgan fingerprint density at radius 3 is 2.00 bits per heavy atom. The quantitative estimate of drug-likeness (QED) is 0.507. The minimum absolute atomic E-state index is 0.487. The van der Waals surface area contributed by atoms with E-state index in [0.717, 1.165) is 0 Å². The van der Waals surface area contributed by atoms with Crippen LogP contribution in [0, 0.1) is 0 Å². The fourth-order valence-electron chi connectivity index (χ4n) is 0.535. The second-order valence-corrected chi connectivity index (χ2v) is 6.56. The summed E-state index contributed by atoms with van der Waals surface area (Å²) in [5.41, 5.74) is 0. The van der Waals surface area contributed by atoms with Crippen LogP contribution in [0.5, 0.6) is 0 Å². The van der Waals surface area contributed by atoms with E-state index >= 15 is 0 Å². The van der Waals surface area contributed by atoms with E-state index in [1.165, 1.54) is 0 Å². The van der Waals surface area contributed by atoms with Crippen LogP contribution in [0.2, 0.25) is 0 Å². The van der Waals surface area contributed by atoms with Gasteiger partial charge in [0.15, 0.2) is 0 Å². The van der Waals surface area contributed by atoms with E-state index in [-0.39, 0.29) is 0 Å². The second kappa shape index (κ2) is 6.41. The number of rotatable bonds is 6. The van der Waals surface area contributed by atoms with E-state index in [9.17, 15) is 0 Å². The molecule has 0 aliphatic rings. The van der Waals surface area contributed by atoms with E-state index < -0.39 is 17.2 Å². The minimum atomic E-state index is -2.85. The van der Waals surface area contributed by atoms with Crippen molar-refractivity contribution < 1.29 is 13.0 Å². The van der Waals surface area contributed by atoms with Gasteiger partial charge in [-0.1, -0.05) is 11.1 Å². The molecule has 7 heteroatoms. The molecule has 0 aliphatic carbocycles. The smallest absolute Gasteiger partial charge is 0.395 e. The molecule has 68 valence electrons. The Bertz CT molecular complexity index is 88.3. The predicted octanol–water partition coefficient (Wildman–Crippen LogP) is 0.988. The summed E-state index contributed by atoms with van der Waals surface area (Å²) < 4.78 is 15.3. The lowest BCUT2D eigenvalue weighted by Gasteiger charge is -2.20. The highest BCUT2D eigenvalue weighted by Gasteiger charge is 2.38. The molecule has 0 atom stereocenters. The highest BCUT2D eigenvalue weighted by Crippen LogP contribution is 2.14. The van der Waals surface area contributed by atoms with Crippen molar-refractivity contribution in [2.24, 2.45) is 0 Å². The van der Waals surface area contributed by atoms with Crippen LogP contribution in [0.3, 0.4) is 0 Å². The van der Waals surface area contributed by atoms with Crippen LogP contribution in [-0.2, 0) is 13.0 Å². The monoisotopic (exact) mass is 234 g/mol. The summed E-state index contributed by atoms with van der Waals surface area (Å²) in [7, 11) is -3.93. The van der Waals surface area contributed by atoms with Gasteiger partial charge < -0.3 is 13.0 Å². The van der Waals surface area contributed by atoms with Crippen molar-refractivity contribution in [3.05, 3.63) is 0 Å². The molecule has 0 spiro atoms. The zero-order valence-electron chi connectivity index (χ0n) is 6.60. The second-order valence-electron chi connectivity index (χ2n) is 1.60. The van der Waals surface area contributed by atoms with E-state index in [1.807, 2.05) is 13.8 Å². The van der Waals surface area contributed by atoms with E-state index in [0.29, 0.717) is 13.2 Å². The van der Waals surface area contributed by atoms with Gasteiger partial charge in [0.05, 0.1) is 0 Å². The zero-order chi connectivity index (χ0) is 8.74. The van der Waals surface area contributed by atoms with E-state index in [2.05, 4.69) is 0 Å². The van der Waals surface area contributed by atoms with Gasteiger partial charge in [0.2, 0.25) is 0 Å². The third-order valence-corrected chi connectivity index (χ3v) is 6.56. The molecule has 0 aromatic heterocycles. The van der Waals surface area contributed by atoms with Crippen molar-refractivity contribution in [3.8, 4) is 0 Å². The lowest BCUT2D eigenvalue weighted by Crippen LogP contribution is -2.40. The first-order valence-corrected chi connectivity index (χ1v) is 8.80. The average Bonchev–Trinajstić information content (AvgIpc) is 1.88. The maximum Gasteiger partial charge on any atom is 0.603 e. The highest BCUT2D eigenvalue weighted by atomic mass is 35.6. The van der Waals surface area contributed by atoms with Crippen LogP contribution in [0.25, 0.3) is 0 Å². The molecule has 0 radical (unpaired) electrons. The number of hydrogen-bond donors (Lipinski definition) is 0. The standard InChI is InChI=1S/C4H12Cl2O3Si2/c1-3-7-11(6,8-4-2)9-10-5/h3-4,10H2,1-2H3. The van der Waals surface area contributed by atoms with Crippen LogP contribution in [0.15, 0.2) is 0 Å². The molecule has 0 saturated carbocycles. The summed E-state index contributed by atoms with van der Waals surface area (Å²) >= 11 is 11.3. The fraction of sp³-hybridized carbons (Fsp3) is 1.00. The first-order valence-electron chi connectivity index (χ1n) is 3.35. The van der Waals surface area contributed by atoms with Crippen LogP contribution in [-0.4, -0.2) is 30.4 Å². The Hall–Kier alpha value is 0.894. The van der Waals surface area contributed by atoms with Gasteiger partial charge in [0, 0.05) is 13.2 Å². The molecule has 0 fully saturated rings. The van der Waals surface area contributed by atoms with E-state index in [1.54, 1.807) is 0 Å². The van der Waals surface area contributed by atoms with Crippen LogP contribution in [0.1, 0.15) is 13.8 Å². The lowest BCUT2D eigenvalue weighted by atomic mass is 10.9. The average molecular weight is 235 g/mol. The van der Waals surface area contributed by atoms with Gasteiger partial charge in [-0.2, -0.15) is 0 Å². The first-order chi connectivity index (χ1) is 5.18. The van der Waals surface area contributed by atoms with Crippen molar-refractivity contribution in [1.29, 1.82) is 0 Å². The molecule has 0 rings (SSSR count). The summed E-state index contributed by atoms with van der Waals surface area (Å²) in [5, 5.41) is 0. The van der Waals surface area contributed by atoms with Crippen molar-refractivity contribution in [2.75, 3.05) is 13.2 Å². The topological polar surface area (TPSA) is 27.7 Å². The van der Waals surface area contributed by atoms with Gasteiger partial charge in [-0.25, -0.2) is 0 Å². The maximum absolute atomic E-state index is 5.86. The highest BCUT2D eigenvalue weighted by molar-refractivity contribution is 7.12. The summed E-state index contributed by atoms with van der Waals surface area (Å²) in [6, 6.07) is 0. The molecular weight excluding hydrogens is 223 g/mol. The van der Waals surface area contributed by atoms with Crippen molar-refractivity contribution in [1.82, 2.24) is 0 Å². The summed E-state index contributed by atoms with van der Waals surface area (Å²) in [6.07, 6.45) is 0. The first kappa shape index (κ1) is 11.9. The molecule has 0 N–H and O–H groups in total. The molecule has 0 aromatic rings. The Morgan fingerprint density at radius 1 is 1.27 bits per heavy atom. The van der Waals surface area contributed by atoms with Crippen LogP contribution < -0.4 is 0 Å². The van der Waals surface area contributed by atoms with E-state index in [4.69, 9.17) is 35.1 Å². The van der Waals surface area contributed by atoms with Gasteiger partial charge in [-0.05, 0) is 13.8 Å². The van der Waals surface area contributed by atoms with Gasteiger partial charge in [-0.15, -0.1) is 11.1 Å². The Labute approximate surface area is 79.6 Å². The Kier molecular flexibility index (Phi) is 6.94. The Morgan fingerprint density at radius 2 is 1.73 bits per heavy atom.